The number of para-hydroxylation sites is 1. The molecule has 0 unspecified atom stereocenters. The summed E-state index contributed by atoms with van der Waals surface area (Å²) >= 11 is 0. The van der Waals surface area contributed by atoms with Crippen molar-refractivity contribution in [1.82, 2.24) is 14.9 Å². The van der Waals surface area contributed by atoms with Crippen LogP contribution in [0, 0.1) is 0 Å². The lowest BCUT2D eigenvalue weighted by atomic mass is 9.99. The average molecular weight is 333 g/mol. The van der Waals surface area contributed by atoms with Crippen LogP contribution >= 0.6 is 0 Å². The van der Waals surface area contributed by atoms with E-state index in [1.54, 1.807) is 6.20 Å². The van der Waals surface area contributed by atoms with Gasteiger partial charge >= 0.3 is 0 Å². The van der Waals surface area contributed by atoms with Crippen molar-refractivity contribution in [2.75, 3.05) is 19.7 Å². The van der Waals surface area contributed by atoms with Gasteiger partial charge in [-0.3, -0.25) is 4.79 Å². The maximum atomic E-state index is 12.3. The fraction of sp³-hybridized carbons (Fsp3) is 0.200. The van der Waals surface area contributed by atoms with Gasteiger partial charge in [0.05, 0.1) is 0 Å². The number of H-pyrrole nitrogens is 1. The van der Waals surface area contributed by atoms with Crippen molar-refractivity contribution in [2.45, 2.75) is 6.42 Å². The van der Waals surface area contributed by atoms with Crippen LogP contribution in [0.1, 0.15) is 12.0 Å². The van der Waals surface area contributed by atoms with E-state index in [1.807, 2.05) is 47.5 Å². The molecule has 0 radical (unpaired) electrons. The van der Waals surface area contributed by atoms with Crippen molar-refractivity contribution in [3.63, 3.8) is 0 Å². The summed E-state index contributed by atoms with van der Waals surface area (Å²) in [7, 11) is 0. The quantitative estimate of drug-likeness (QED) is 0.797. The van der Waals surface area contributed by atoms with Crippen molar-refractivity contribution >= 4 is 22.5 Å². The molecule has 1 N–H and O–H groups in total. The van der Waals surface area contributed by atoms with E-state index < -0.39 is 0 Å². The molecular formula is C20H19N3O2. The van der Waals surface area contributed by atoms with Gasteiger partial charge in [-0.05, 0) is 36.3 Å². The number of fused-ring (bicyclic) bond motifs is 1. The van der Waals surface area contributed by atoms with Gasteiger partial charge in [0.25, 0.3) is 5.91 Å². The van der Waals surface area contributed by atoms with Crippen LogP contribution in [0.4, 0.5) is 0 Å². The van der Waals surface area contributed by atoms with Crippen molar-refractivity contribution < 1.29 is 9.53 Å². The number of aromatic amines is 1. The highest BCUT2D eigenvalue weighted by Crippen LogP contribution is 2.28. The minimum atomic E-state index is 0.0137. The highest BCUT2D eigenvalue weighted by atomic mass is 16.5. The summed E-state index contributed by atoms with van der Waals surface area (Å²) in [6.45, 7) is 1.39. The van der Waals surface area contributed by atoms with Crippen molar-refractivity contribution in [2.24, 2.45) is 0 Å². The zero-order chi connectivity index (χ0) is 17.1. The maximum Gasteiger partial charge on any atom is 0.260 e. The van der Waals surface area contributed by atoms with E-state index in [0.717, 1.165) is 23.2 Å². The molecule has 1 aromatic carbocycles. The first-order chi connectivity index (χ1) is 12.3. The van der Waals surface area contributed by atoms with Crippen LogP contribution in [-0.4, -0.2) is 40.5 Å². The number of nitrogens with zero attached hydrogens (tertiary/aromatic N) is 2. The van der Waals surface area contributed by atoms with Gasteiger partial charge in [-0.2, -0.15) is 0 Å². The highest BCUT2D eigenvalue weighted by Gasteiger charge is 2.19. The third kappa shape index (κ3) is 3.26. The molecule has 0 saturated carbocycles. The number of benzene rings is 1. The topological polar surface area (TPSA) is 58.2 Å². The average Bonchev–Trinajstić information content (AvgIpc) is 3.11. The first-order valence-corrected chi connectivity index (χ1v) is 8.38. The number of carbonyl (C=O) groups excluding carboxylic acids is 1. The second-order valence-electron chi connectivity index (χ2n) is 6.02. The summed E-state index contributed by atoms with van der Waals surface area (Å²) in [6.07, 6.45) is 6.74. The Morgan fingerprint density at radius 1 is 1.20 bits per heavy atom. The Labute approximate surface area is 145 Å². The molecule has 5 heteroatoms. The van der Waals surface area contributed by atoms with Gasteiger partial charge in [0.2, 0.25) is 0 Å². The van der Waals surface area contributed by atoms with E-state index in [2.05, 4.69) is 22.1 Å². The van der Waals surface area contributed by atoms with Crippen LogP contribution in [0.2, 0.25) is 0 Å². The normalized spacial score (nSPS) is 14.4. The molecule has 0 saturated heterocycles. The van der Waals surface area contributed by atoms with Crippen molar-refractivity contribution in [1.29, 1.82) is 0 Å². The summed E-state index contributed by atoms with van der Waals surface area (Å²) in [5, 5.41) is 1.13. The van der Waals surface area contributed by atoms with E-state index in [1.165, 1.54) is 11.1 Å². The second-order valence-corrected chi connectivity index (χ2v) is 6.02. The molecule has 4 rings (SSSR count). The summed E-state index contributed by atoms with van der Waals surface area (Å²) in [4.78, 5) is 21.7. The smallest absolute Gasteiger partial charge is 0.260 e. The number of rotatable bonds is 4. The number of pyridine rings is 1. The third-order valence-corrected chi connectivity index (χ3v) is 4.46. The first kappa shape index (κ1) is 15.4. The van der Waals surface area contributed by atoms with E-state index in [0.29, 0.717) is 13.1 Å². The maximum absolute atomic E-state index is 12.3. The molecule has 25 heavy (non-hydrogen) atoms. The highest BCUT2D eigenvalue weighted by molar-refractivity contribution is 5.91. The molecule has 0 aliphatic carbocycles. The molecule has 3 aromatic rings. The van der Waals surface area contributed by atoms with Crippen LogP contribution in [0.15, 0.2) is 60.9 Å². The number of aromatic nitrogens is 2. The van der Waals surface area contributed by atoms with Crippen molar-refractivity contribution in [3.05, 3.63) is 66.5 Å². The number of nitrogens with one attached hydrogen (secondary N) is 1. The molecule has 1 aliphatic rings. The number of hydrogen-bond donors (Lipinski definition) is 1. The molecular weight excluding hydrogens is 314 g/mol. The molecule has 126 valence electrons. The fourth-order valence-corrected chi connectivity index (χ4v) is 3.11. The van der Waals surface area contributed by atoms with Crippen LogP contribution in [0.25, 0.3) is 16.6 Å². The number of amides is 1. The molecule has 0 spiro atoms. The molecule has 1 aliphatic heterocycles. The molecule has 5 nitrogen and oxygen atoms in total. The molecule has 0 fully saturated rings. The van der Waals surface area contributed by atoms with Gasteiger partial charge in [-0.25, -0.2) is 4.98 Å². The Hall–Kier alpha value is -3.08. The lowest BCUT2D eigenvalue weighted by Gasteiger charge is -2.26. The standard InChI is InChI=1S/C20H19N3O2/c24-19(14-25-16-5-2-1-3-6-16)23-11-8-15(9-12-23)18-13-22-20-17(18)7-4-10-21-20/h1-8,10,13H,9,11-12,14H2,(H,21,22). The zero-order valence-electron chi connectivity index (χ0n) is 13.8. The number of carbonyl (C=O) groups is 1. The monoisotopic (exact) mass is 333 g/mol. The van der Waals surface area contributed by atoms with Crippen LogP contribution in [0.3, 0.4) is 0 Å². The summed E-state index contributed by atoms with van der Waals surface area (Å²) in [5.74, 6) is 0.732. The number of hydrogen-bond acceptors (Lipinski definition) is 3. The molecule has 1 amide bonds. The van der Waals surface area contributed by atoms with Crippen LogP contribution in [0.5, 0.6) is 5.75 Å². The number of ether oxygens (including phenoxy) is 1. The van der Waals surface area contributed by atoms with Gasteiger partial charge in [-0.1, -0.05) is 24.3 Å². The Kier molecular flexibility index (Phi) is 4.21. The third-order valence-electron chi connectivity index (χ3n) is 4.46. The fourth-order valence-electron chi connectivity index (χ4n) is 3.11. The molecule has 0 bridgehead atoms. The molecule has 2 aromatic heterocycles. The summed E-state index contributed by atoms with van der Waals surface area (Å²) in [6, 6.07) is 13.4. The summed E-state index contributed by atoms with van der Waals surface area (Å²) in [5.41, 5.74) is 3.33. The SMILES string of the molecule is O=C(COc1ccccc1)N1CC=C(c2c[nH]c3ncccc23)CC1. The van der Waals surface area contributed by atoms with E-state index in [9.17, 15) is 4.79 Å². The molecule has 0 atom stereocenters. The lowest BCUT2D eigenvalue weighted by molar-refractivity contribution is -0.132. The Morgan fingerprint density at radius 2 is 2.08 bits per heavy atom. The van der Waals surface area contributed by atoms with Crippen LogP contribution < -0.4 is 4.74 Å². The lowest BCUT2D eigenvalue weighted by Crippen LogP contribution is -2.37. The predicted molar refractivity (Wildman–Crippen MR) is 97.2 cm³/mol. The minimum Gasteiger partial charge on any atom is -0.484 e. The van der Waals surface area contributed by atoms with Gasteiger partial charge < -0.3 is 14.6 Å². The van der Waals surface area contributed by atoms with Gasteiger partial charge in [0.15, 0.2) is 6.61 Å². The predicted octanol–water partition coefficient (Wildman–Crippen LogP) is 3.26. The second kappa shape index (κ2) is 6.81. The molecule has 3 heterocycles. The van der Waals surface area contributed by atoms with Crippen molar-refractivity contribution in [3.8, 4) is 5.75 Å². The van der Waals surface area contributed by atoms with Gasteiger partial charge in [0.1, 0.15) is 11.4 Å². The Bertz CT molecular complexity index is 915. The van der Waals surface area contributed by atoms with E-state index in [4.69, 9.17) is 4.74 Å². The Balaban J connectivity index is 1.41. The Morgan fingerprint density at radius 3 is 2.88 bits per heavy atom. The zero-order valence-corrected chi connectivity index (χ0v) is 13.8. The van der Waals surface area contributed by atoms with E-state index >= 15 is 0 Å². The first-order valence-electron chi connectivity index (χ1n) is 8.38. The van der Waals surface area contributed by atoms with Crippen LogP contribution in [-0.2, 0) is 4.79 Å². The van der Waals surface area contributed by atoms with Gasteiger partial charge in [0, 0.05) is 36.4 Å². The largest absolute Gasteiger partial charge is 0.484 e. The van der Waals surface area contributed by atoms with Gasteiger partial charge in [-0.15, -0.1) is 0 Å². The summed E-state index contributed by atoms with van der Waals surface area (Å²) < 4.78 is 5.55. The minimum absolute atomic E-state index is 0.0137. The van der Waals surface area contributed by atoms with E-state index in [-0.39, 0.29) is 12.5 Å².